The molecule has 0 aromatic heterocycles. The van der Waals surface area contributed by atoms with Gasteiger partial charge in [-0.1, -0.05) is 0 Å². The monoisotopic (exact) mass is 154 g/mol. The minimum absolute atomic E-state index is 0. The molecule has 1 saturated heterocycles. The second-order valence-electron chi connectivity index (χ2n) is 2.13. The minimum atomic E-state index is 0. The number of hydrogen-bond acceptors (Lipinski definition) is 1. The van der Waals surface area contributed by atoms with Crippen LogP contribution in [0.5, 0.6) is 0 Å². The van der Waals surface area contributed by atoms with Crippen LogP contribution in [0.2, 0.25) is 0 Å². The number of rotatable bonds is 0. The second-order valence-corrected chi connectivity index (χ2v) is 2.49. The molecule has 0 aliphatic carbocycles. The molecule has 0 amide bonds. The Morgan fingerprint density at radius 3 is 1.78 bits per heavy atom. The van der Waals surface area contributed by atoms with Gasteiger partial charge in [0.1, 0.15) is 0 Å². The van der Waals surface area contributed by atoms with Gasteiger partial charge in [-0.25, -0.2) is 0 Å². The van der Waals surface area contributed by atoms with E-state index in [1.54, 1.807) is 0 Å². The fraction of sp³-hybridized carbons (Fsp3) is 0.800. The molecule has 0 aromatic carbocycles. The van der Waals surface area contributed by atoms with Gasteiger partial charge in [0.15, 0.2) is 5.11 Å². The average molecular weight is 154 g/mol. The first kappa shape index (κ1) is 9.69. The van der Waals surface area contributed by atoms with Crippen molar-refractivity contribution in [2.24, 2.45) is 0 Å². The number of nitrogens with zero attached hydrogens (tertiary/aromatic N) is 2. The predicted molar refractivity (Wildman–Crippen MR) is 39.0 cm³/mol. The summed E-state index contributed by atoms with van der Waals surface area (Å²) >= 11 is 5.02. The van der Waals surface area contributed by atoms with Crippen LogP contribution in [0.3, 0.4) is 0 Å². The molecule has 0 radical (unpaired) electrons. The van der Waals surface area contributed by atoms with E-state index in [2.05, 4.69) is 9.80 Å². The Morgan fingerprint density at radius 1 is 1.33 bits per heavy atom. The molecule has 0 unspecified atom stereocenters. The Kier molecular flexibility index (Phi) is 4.05. The van der Waals surface area contributed by atoms with Crippen molar-refractivity contribution in [3.8, 4) is 0 Å². The largest absolute Gasteiger partial charge is 1.00 e. The number of hydrogen-bond donors (Lipinski definition) is 0. The van der Waals surface area contributed by atoms with Crippen molar-refractivity contribution in [2.75, 3.05) is 27.2 Å². The molecule has 1 rings (SSSR count). The summed E-state index contributed by atoms with van der Waals surface area (Å²) in [5, 5.41) is 0.963. The summed E-state index contributed by atoms with van der Waals surface area (Å²) in [5.74, 6) is 0. The zero-order valence-corrected chi connectivity index (χ0v) is 9.03. The normalized spacial score (nSPS) is 18.2. The van der Waals surface area contributed by atoms with Crippen molar-refractivity contribution < 1.29 is 31.0 Å². The van der Waals surface area contributed by atoms with Crippen LogP contribution in [-0.2, 0) is 0 Å². The molecule has 4 heteroatoms. The van der Waals surface area contributed by atoms with Gasteiger partial charge < -0.3 is 11.2 Å². The Bertz CT molecular complexity index is 110. The topological polar surface area (TPSA) is 6.48 Å². The SMILES string of the molecule is CN1CCN(C)C1=S.[H-].[Na+]. The number of thiocarbonyl (C=S) groups is 1. The first-order chi connectivity index (χ1) is 3.72. The first-order valence-electron chi connectivity index (χ1n) is 2.68. The predicted octanol–water partition coefficient (Wildman–Crippen LogP) is -2.73. The van der Waals surface area contributed by atoms with Crippen LogP contribution < -0.4 is 29.6 Å². The maximum absolute atomic E-state index is 5.02. The molecule has 0 bridgehead atoms. The third-order valence-electron chi connectivity index (χ3n) is 1.42. The zero-order chi connectivity index (χ0) is 6.15. The zero-order valence-electron chi connectivity index (χ0n) is 7.22. The van der Waals surface area contributed by atoms with Gasteiger partial charge in [-0.2, -0.15) is 0 Å². The quantitative estimate of drug-likeness (QED) is 0.276. The Hall–Kier alpha value is 0.690. The van der Waals surface area contributed by atoms with E-state index in [1.165, 1.54) is 0 Å². The fourth-order valence-electron chi connectivity index (χ4n) is 0.783. The molecule has 0 N–H and O–H groups in total. The second kappa shape index (κ2) is 3.76. The molecular weight excluding hydrogens is 143 g/mol. The standard InChI is InChI=1S/C5H10N2S.Na.H/c1-6-3-4-7(2)5(6)8;;/h3-4H2,1-2H3;;/q;+1;-1. The molecule has 48 valence electrons. The van der Waals surface area contributed by atoms with Gasteiger partial charge in [-0.05, 0) is 12.2 Å². The van der Waals surface area contributed by atoms with E-state index in [-0.39, 0.29) is 31.0 Å². The van der Waals surface area contributed by atoms with E-state index in [4.69, 9.17) is 12.2 Å². The van der Waals surface area contributed by atoms with Gasteiger partial charge in [-0.3, -0.25) is 0 Å². The molecule has 0 aromatic rings. The minimum Gasteiger partial charge on any atom is -1.00 e. The summed E-state index contributed by atoms with van der Waals surface area (Å²) in [6.45, 7) is 2.16. The van der Waals surface area contributed by atoms with Crippen LogP contribution >= 0.6 is 12.2 Å². The summed E-state index contributed by atoms with van der Waals surface area (Å²) in [4.78, 5) is 4.16. The van der Waals surface area contributed by atoms with Gasteiger partial charge in [0.2, 0.25) is 0 Å². The Balaban J connectivity index is 0. The molecular formula is C5H11N2NaS. The van der Waals surface area contributed by atoms with Crippen molar-refractivity contribution in [2.45, 2.75) is 0 Å². The summed E-state index contributed by atoms with van der Waals surface area (Å²) in [7, 11) is 4.04. The van der Waals surface area contributed by atoms with E-state index in [1.807, 2.05) is 14.1 Å². The molecule has 1 heterocycles. The maximum Gasteiger partial charge on any atom is 1.00 e. The van der Waals surface area contributed by atoms with E-state index >= 15 is 0 Å². The van der Waals surface area contributed by atoms with Crippen molar-refractivity contribution in [3.63, 3.8) is 0 Å². The molecule has 1 aliphatic heterocycles. The van der Waals surface area contributed by atoms with Crippen LogP contribution in [-0.4, -0.2) is 42.1 Å². The molecule has 9 heavy (non-hydrogen) atoms. The van der Waals surface area contributed by atoms with Crippen molar-refractivity contribution >= 4 is 17.3 Å². The van der Waals surface area contributed by atoms with Gasteiger partial charge in [0.05, 0.1) is 0 Å². The molecule has 2 nitrogen and oxygen atoms in total. The van der Waals surface area contributed by atoms with E-state index in [0.717, 1.165) is 18.2 Å². The van der Waals surface area contributed by atoms with Crippen LogP contribution in [0, 0.1) is 0 Å². The smallest absolute Gasteiger partial charge is 1.00 e. The van der Waals surface area contributed by atoms with Crippen LogP contribution in [0.4, 0.5) is 0 Å². The van der Waals surface area contributed by atoms with Crippen LogP contribution in [0.25, 0.3) is 0 Å². The molecule has 1 fully saturated rings. The van der Waals surface area contributed by atoms with Gasteiger partial charge in [0.25, 0.3) is 0 Å². The third kappa shape index (κ3) is 2.08. The van der Waals surface area contributed by atoms with E-state index < -0.39 is 0 Å². The maximum atomic E-state index is 5.02. The first-order valence-corrected chi connectivity index (χ1v) is 3.09. The molecule has 0 spiro atoms. The molecule has 1 aliphatic rings. The van der Waals surface area contributed by atoms with E-state index in [9.17, 15) is 0 Å². The van der Waals surface area contributed by atoms with Crippen LogP contribution in [0.1, 0.15) is 1.43 Å². The van der Waals surface area contributed by atoms with Crippen LogP contribution in [0.15, 0.2) is 0 Å². The summed E-state index contributed by atoms with van der Waals surface area (Å²) in [5.41, 5.74) is 0. The average Bonchev–Trinajstić information content (AvgIpc) is 1.98. The Labute approximate surface area is 85.0 Å². The van der Waals surface area contributed by atoms with Crippen molar-refractivity contribution in [1.29, 1.82) is 0 Å². The fourth-order valence-corrected chi connectivity index (χ4v) is 0.965. The summed E-state index contributed by atoms with van der Waals surface area (Å²) in [6, 6.07) is 0. The van der Waals surface area contributed by atoms with E-state index in [0.29, 0.717) is 0 Å². The van der Waals surface area contributed by atoms with Gasteiger partial charge in [-0.15, -0.1) is 0 Å². The van der Waals surface area contributed by atoms with Crippen molar-refractivity contribution in [1.82, 2.24) is 9.80 Å². The Morgan fingerprint density at radius 2 is 1.67 bits per heavy atom. The molecule has 0 atom stereocenters. The number of likely N-dealkylation sites (N-methyl/N-ethyl adjacent to an activating group) is 2. The van der Waals surface area contributed by atoms with Crippen molar-refractivity contribution in [3.05, 3.63) is 0 Å². The summed E-state index contributed by atoms with van der Waals surface area (Å²) in [6.07, 6.45) is 0. The van der Waals surface area contributed by atoms with Gasteiger partial charge >= 0.3 is 29.6 Å². The summed E-state index contributed by atoms with van der Waals surface area (Å²) < 4.78 is 0. The van der Waals surface area contributed by atoms with Gasteiger partial charge in [0, 0.05) is 27.2 Å². The molecule has 0 saturated carbocycles. The third-order valence-corrected chi connectivity index (χ3v) is 2.05.